The largest absolute Gasteiger partial charge is 0.391 e. The molecule has 0 radical (unpaired) electrons. The van der Waals surface area contributed by atoms with Crippen molar-refractivity contribution >= 4 is 22.5 Å². The highest BCUT2D eigenvalue weighted by molar-refractivity contribution is 5.78. The van der Waals surface area contributed by atoms with Crippen LogP contribution in [-0.2, 0) is 6.42 Å². The van der Waals surface area contributed by atoms with Gasteiger partial charge < -0.3 is 10.0 Å². The van der Waals surface area contributed by atoms with Crippen LogP contribution >= 0.6 is 0 Å². The van der Waals surface area contributed by atoms with Crippen LogP contribution < -0.4 is 4.90 Å². The summed E-state index contributed by atoms with van der Waals surface area (Å²) in [6.45, 7) is 5.47. The molecule has 4 rings (SSSR count). The van der Waals surface area contributed by atoms with Crippen LogP contribution in [0.5, 0.6) is 0 Å². The molecular weight excluding hydrogens is 352 g/mol. The van der Waals surface area contributed by atoms with Gasteiger partial charge >= 0.3 is 0 Å². The van der Waals surface area contributed by atoms with Crippen LogP contribution in [0.1, 0.15) is 24.6 Å². The molecule has 3 heterocycles. The maximum absolute atomic E-state index is 9.45. The van der Waals surface area contributed by atoms with E-state index >= 15 is 0 Å². The van der Waals surface area contributed by atoms with Crippen molar-refractivity contribution in [2.45, 2.75) is 32.8 Å². The number of azo groups is 1. The fraction of sp³-hybridized carbons (Fsp3) is 0.381. The maximum atomic E-state index is 9.45. The number of anilines is 1. The first-order chi connectivity index (χ1) is 13.6. The van der Waals surface area contributed by atoms with Gasteiger partial charge in [-0.05, 0) is 43.5 Å². The second kappa shape index (κ2) is 9.32. The summed E-state index contributed by atoms with van der Waals surface area (Å²) in [5.74, 6) is 1.34. The molecule has 1 aliphatic heterocycles. The predicted octanol–water partition coefficient (Wildman–Crippen LogP) is 3.87. The number of aliphatic hydroxyl groups is 1. The SMILES string of the molecule is CCc1ccc2ncccc2c1.CN=Nc1ncc(N2CCC(O)C2)nc1C. The highest BCUT2D eigenvalue weighted by atomic mass is 16.3. The second-order valence-corrected chi connectivity index (χ2v) is 6.71. The topological polar surface area (TPSA) is 86.9 Å². The molecule has 1 fully saturated rings. The number of β-amino-alcohol motifs (C(OH)–C–C–N with tert-alkyl or cyclic N) is 1. The van der Waals surface area contributed by atoms with Crippen molar-refractivity contribution in [1.82, 2.24) is 15.0 Å². The van der Waals surface area contributed by atoms with Gasteiger partial charge in [-0.2, -0.15) is 5.11 Å². The van der Waals surface area contributed by atoms with Gasteiger partial charge in [-0.25, -0.2) is 9.97 Å². The summed E-state index contributed by atoms with van der Waals surface area (Å²) >= 11 is 0. The Bertz CT molecular complexity index is 959. The lowest BCUT2D eigenvalue weighted by molar-refractivity contribution is 0.198. The molecule has 146 valence electrons. The Hall–Kier alpha value is -2.93. The van der Waals surface area contributed by atoms with E-state index in [0.29, 0.717) is 12.4 Å². The van der Waals surface area contributed by atoms with Gasteiger partial charge in [0.25, 0.3) is 0 Å². The smallest absolute Gasteiger partial charge is 0.195 e. The summed E-state index contributed by atoms with van der Waals surface area (Å²) in [5.41, 5.74) is 3.20. The number of aryl methyl sites for hydroxylation is 2. The summed E-state index contributed by atoms with van der Waals surface area (Å²) in [6, 6.07) is 10.5. The number of aromatic nitrogens is 3. The van der Waals surface area contributed by atoms with Crippen molar-refractivity contribution < 1.29 is 5.11 Å². The van der Waals surface area contributed by atoms with Crippen molar-refractivity contribution in [3.8, 4) is 0 Å². The molecule has 1 atom stereocenters. The third-order valence-electron chi connectivity index (χ3n) is 4.67. The summed E-state index contributed by atoms with van der Waals surface area (Å²) in [4.78, 5) is 14.9. The summed E-state index contributed by atoms with van der Waals surface area (Å²) in [7, 11) is 1.60. The first-order valence-corrected chi connectivity index (χ1v) is 9.51. The van der Waals surface area contributed by atoms with Crippen LogP contribution in [0.25, 0.3) is 10.9 Å². The van der Waals surface area contributed by atoms with Crippen LogP contribution in [0.4, 0.5) is 11.6 Å². The van der Waals surface area contributed by atoms with Gasteiger partial charge in [-0.1, -0.05) is 19.1 Å². The van der Waals surface area contributed by atoms with Crippen LogP contribution in [0.15, 0.2) is 53.0 Å². The van der Waals surface area contributed by atoms with E-state index in [4.69, 9.17) is 0 Å². The van der Waals surface area contributed by atoms with E-state index in [1.54, 1.807) is 13.2 Å². The van der Waals surface area contributed by atoms with Crippen molar-refractivity contribution in [3.05, 3.63) is 54.0 Å². The molecule has 1 unspecified atom stereocenters. The minimum Gasteiger partial charge on any atom is -0.391 e. The second-order valence-electron chi connectivity index (χ2n) is 6.71. The monoisotopic (exact) mass is 378 g/mol. The number of pyridine rings is 1. The number of aliphatic hydroxyl groups excluding tert-OH is 1. The lowest BCUT2D eigenvalue weighted by Gasteiger charge is -2.16. The van der Waals surface area contributed by atoms with E-state index in [1.165, 1.54) is 10.9 Å². The average molecular weight is 378 g/mol. The highest BCUT2D eigenvalue weighted by Crippen LogP contribution is 2.21. The van der Waals surface area contributed by atoms with E-state index in [9.17, 15) is 5.11 Å². The molecule has 1 saturated heterocycles. The highest BCUT2D eigenvalue weighted by Gasteiger charge is 2.21. The molecule has 0 saturated carbocycles. The van der Waals surface area contributed by atoms with Gasteiger partial charge in [0.15, 0.2) is 5.82 Å². The van der Waals surface area contributed by atoms with Crippen LogP contribution in [0.2, 0.25) is 0 Å². The Morgan fingerprint density at radius 1 is 1.25 bits per heavy atom. The normalized spacial score (nSPS) is 16.4. The molecule has 2 aromatic heterocycles. The molecule has 1 aromatic carbocycles. The molecule has 0 amide bonds. The van der Waals surface area contributed by atoms with Gasteiger partial charge in [0.1, 0.15) is 5.82 Å². The Morgan fingerprint density at radius 2 is 2.11 bits per heavy atom. The molecule has 28 heavy (non-hydrogen) atoms. The van der Waals surface area contributed by atoms with Crippen LogP contribution in [0.3, 0.4) is 0 Å². The predicted molar refractivity (Wildman–Crippen MR) is 111 cm³/mol. The van der Waals surface area contributed by atoms with Gasteiger partial charge in [0, 0.05) is 31.7 Å². The number of benzene rings is 1. The summed E-state index contributed by atoms with van der Waals surface area (Å²) < 4.78 is 0. The first kappa shape index (κ1) is 19.8. The molecule has 0 aliphatic carbocycles. The minimum absolute atomic E-state index is 0.253. The van der Waals surface area contributed by atoms with E-state index in [2.05, 4.69) is 56.4 Å². The zero-order valence-electron chi connectivity index (χ0n) is 16.6. The standard InChI is InChI=1S/C11H11N.C10H15N5O/c1-2-9-5-6-11-10(8-9)4-3-7-12-11;1-7-10(14-11-2)12-5-9(13-7)15-4-3-8(16)6-15/h3-8H,2H2,1H3;5,8,16H,3-4,6H2,1-2H3. The third kappa shape index (κ3) is 4.86. The molecule has 0 spiro atoms. The maximum Gasteiger partial charge on any atom is 0.195 e. The molecule has 7 heteroatoms. The summed E-state index contributed by atoms with van der Waals surface area (Å²) in [6.07, 6.45) is 5.13. The van der Waals surface area contributed by atoms with E-state index in [-0.39, 0.29) is 6.10 Å². The Balaban J connectivity index is 0.000000167. The molecule has 0 bridgehead atoms. The zero-order chi connectivity index (χ0) is 19.9. The quantitative estimate of drug-likeness (QED) is 0.699. The minimum atomic E-state index is -0.253. The number of fused-ring (bicyclic) bond motifs is 1. The number of rotatable bonds is 3. The van der Waals surface area contributed by atoms with Crippen LogP contribution in [0, 0.1) is 6.92 Å². The Morgan fingerprint density at radius 3 is 2.79 bits per heavy atom. The van der Waals surface area contributed by atoms with Crippen molar-refractivity contribution in [2.75, 3.05) is 25.0 Å². The Kier molecular flexibility index (Phi) is 6.60. The molecule has 3 aromatic rings. The third-order valence-corrected chi connectivity index (χ3v) is 4.67. The van der Waals surface area contributed by atoms with Crippen molar-refractivity contribution in [1.29, 1.82) is 0 Å². The number of hydrogen-bond acceptors (Lipinski definition) is 7. The van der Waals surface area contributed by atoms with E-state index < -0.39 is 0 Å². The van der Waals surface area contributed by atoms with Gasteiger partial charge in [0.05, 0.1) is 23.5 Å². The zero-order valence-corrected chi connectivity index (χ0v) is 16.6. The van der Waals surface area contributed by atoms with Gasteiger partial charge in [0.2, 0.25) is 0 Å². The fourth-order valence-corrected chi connectivity index (χ4v) is 3.10. The van der Waals surface area contributed by atoms with Gasteiger partial charge in [-0.15, -0.1) is 5.11 Å². The van der Waals surface area contributed by atoms with Gasteiger partial charge in [-0.3, -0.25) is 4.98 Å². The number of nitrogens with zero attached hydrogens (tertiary/aromatic N) is 6. The molecule has 1 aliphatic rings. The first-order valence-electron chi connectivity index (χ1n) is 9.51. The lowest BCUT2D eigenvalue weighted by atomic mass is 10.1. The molecule has 1 N–H and O–H groups in total. The van der Waals surface area contributed by atoms with Crippen molar-refractivity contribution in [2.24, 2.45) is 10.2 Å². The Labute approximate surface area is 165 Å². The fourth-order valence-electron chi connectivity index (χ4n) is 3.10. The van der Waals surface area contributed by atoms with Crippen molar-refractivity contribution in [3.63, 3.8) is 0 Å². The van der Waals surface area contributed by atoms with E-state index in [0.717, 1.165) is 36.4 Å². The summed E-state index contributed by atoms with van der Waals surface area (Å²) in [5, 5.41) is 18.2. The lowest BCUT2D eigenvalue weighted by Crippen LogP contribution is -2.22. The average Bonchev–Trinajstić information content (AvgIpc) is 3.16. The van der Waals surface area contributed by atoms with E-state index in [1.807, 2.05) is 24.1 Å². The molecular formula is C21H26N6O. The van der Waals surface area contributed by atoms with Crippen LogP contribution in [-0.4, -0.2) is 46.3 Å². The number of hydrogen-bond donors (Lipinski definition) is 1. The molecule has 7 nitrogen and oxygen atoms in total.